The molecule has 0 radical (unpaired) electrons. The van der Waals surface area contributed by atoms with E-state index in [-0.39, 0.29) is 30.0 Å². The van der Waals surface area contributed by atoms with Gasteiger partial charge in [0, 0.05) is 30.5 Å². The molecule has 2 aromatic carbocycles. The third-order valence-electron chi connectivity index (χ3n) is 6.55. The minimum Gasteiger partial charge on any atom is -0.490 e. The van der Waals surface area contributed by atoms with E-state index in [9.17, 15) is 9.59 Å². The summed E-state index contributed by atoms with van der Waals surface area (Å²) in [7, 11) is 2.06. The molecule has 3 N–H and O–H groups in total. The molecule has 168 valence electrons. The monoisotopic (exact) mass is 442 g/mol. The smallest absolute Gasteiger partial charge is 0.252 e. The molecular formula is C25H27BN4O3. The summed E-state index contributed by atoms with van der Waals surface area (Å²) in [6.45, 7) is 4.54. The number of carbonyl (C=O) groups excluding carboxylic acids is 2. The lowest BCUT2D eigenvalue weighted by Gasteiger charge is -2.30. The maximum absolute atomic E-state index is 12.2. The highest BCUT2D eigenvalue weighted by molar-refractivity contribution is 6.32. The number of rotatable bonds is 5. The molecule has 3 heterocycles. The highest BCUT2D eigenvalue weighted by Crippen LogP contribution is 2.44. The SMILES string of the molecule is Bc1ccc(C2C3NC(=O)CC3CN2c2nccc3cc(C(N)=O)c(OC(C)C)cc23)cc1. The number of hydrogen-bond acceptors (Lipinski definition) is 5. The Morgan fingerprint density at radius 3 is 2.70 bits per heavy atom. The molecule has 8 heteroatoms. The first kappa shape index (κ1) is 21.3. The zero-order valence-electron chi connectivity index (χ0n) is 19.0. The van der Waals surface area contributed by atoms with Gasteiger partial charge in [-0.2, -0.15) is 0 Å². The number of benzene rings is 2. The Kier molecular flexibility index (Phi) is 5.23. The highest BCUT2D eigenvalue weighted by atomic mass is 16.5. The van der Waals surface area contributed by atoms with Crippen molar-refractivity contribution in [1.29, 1.82) is 0 Å². The molecule has 33 heavy (non-hydrogen) atoms. The Morgan fingerprint density at radius 1 is 1.24 bits per heavy atom. The molecule has 2 saturated heterocycles. The summed E-state index contributed by atoms with van der Waals surface area (Å²) >= 11 is 0. The lowest BCUT2D eigenvalue weighted by atomic mass is 9.90. The number of fused-ring (bicyclic) bond motifs is 2. The molecule has 0 saturated carbocycles. The van der Waals surface area contributed by atoms with Crippen LogP contribution >= 0.6 is 0 Å². The summed E-state index contributed by atoms with van der Waals surface area (Å²) in [6.07, 6.45) is 2.16. The number of pyridine rings is 1. The Bertz CT molecular complexity index is 1240. The van der Waals surface area contributed by atoms with Crippen molar-refractivity contribution in [2.45, 2.75) is 38.5 Å². The van der Waals surface area contributed by atoms with Gasteiger partial charge in [-0.05, 0) is 43.0 Å². The lowest BCUT2D eigenvalue weighted by Crippen LogP contribution is -2.36. The number of amides is 2. The summed E-state index contributed by atoms with van der Waals surface area (Å²) in [4.78, 5) is 31.3. The molecule has 2 fully saturated rings. The largest absolute Gasteiger partial charge is 0.490 e. The Hall–Kier alpha value is -3.55. The first-order valence-electron chi connectivity index (χ1n) is 11.3. The normalized spacial score (nSPS) is 22.0. The fourth-order valence-corrected chi connectivity index (χ4v) is 5.13. The second-order valence-electron chi connectivity index (χ2n) is 9.30. The van der Waals surface area contributed by atoms with Crippen molar-refractivity contribution in [1.82, 2.24) is 10.3 Å². The number of aromatic nitrogens is 1. The van der Waals surface area contributed by atoms with Gasteiger partial charge in [0.05, 0.1) is 23.8 Å². The minimum atomic E-state index is -0.526. The van der Waals surface area contributed by atoms with Crippen LogP contribution in [0.15, 0.2) is 48.7 Å². The van der Waals surface area contributed by atoms with E-state index in [1.165, 1.54) is 5.46 Å². The third kappa shape index (κ3) is 3.79. The van der Waals surface area contributed by atoms with Gasteiger partial charge in [0.15, 0.2) is 0 Å². The Labute approximate surface area is 193 Å². The number of primary amides is 1. The number of anilines is 1. The molecule has 5 rings (SSSR count). The second-order valence-corrected chi connectivity index (χ2v) is 9.30. The van der Waals surface area contributed by atoms with E-state index in [4.69, 9.17) is 15.5 Å². The average Bonchev–Trinajstić information content (AvgIpc) is 3.29. The zero-order valence-corrected chi connectivity index (χ0v) is 19.0. The Morgan fingerprint density at radius 2 is 2.00 bits per heavy atom. The third-order valence-corrected chi connectivity index (χ3v) is 6.55. The lowest BCUT2D eigenvalue weighted by molar-refractivity contribution is -0.119. The van der Waals surface area contributed by atoms with Gasteiger partial charge >= 0.3 is 0 Å². The van der Waals surface area contributed by atoms with Gasteiger partial charge < -0.3 is 20.7 Å². The Balaban J connectivity index is 1.65. The van der Waals surface area contributed by atoms with Crippen LogP contribution in [0, 0.1) is 5.92 Å². The van der Waals surface area contributed by atoms with Crippen LogP contribution < -0.4 is 26.2 Å². The van der Waals surface area contributed by atoms with Crippen LogP contribution in [0.5, 0.6) is 5.75 Å². The summed E-state index contributed by atoms with van der Waals surface area (Å²) in [5.74, 6) is 1.05. The van der Waals surface area contributed by atoms with Gasteiger partial charge in [0.1, 0.15) is 19.4 Å². The summed E-state index contributed by atoms with van der Waals surface area (Å²) in [6, 6.07) is 14.0. The molecule has 1 aromatic heterocycles. The van der Waals surface area contributed by atoms with Crippen LogP contribution in [0.2, 0.25) is 0 Å². The predicted octanol–water partition coefficient (Wildman–Crippen LogP) is 1.45. The molecule has 2 aliphatic rings. The van der Waals surface area contributed by atoms with E-state index in [0.717, 1.165) is 22.2 Å². The van der Waals surface area contributed by atoms with Crippen molar-refractivity contribution in [3.8, 4) is 5.75 Å². The van der Waals surface area contributed by atoms with Crippen LogP contribution in [0.4, 0.5) is 5.82 Å². The molecule has 0 spiro atoms. The minimum absolute atomic E-state index is 0.0218. The second kappa shape index (κ2) is 8.10. The predicted molar refractivity (Wildman–Crippen MR) is 131 cm³/mol. The van der Waals surface area contributed by atoms with E-state index >= 15 is 0 Å². The van der Waals surface area contributed by atoms with Crippen LogP contribution in [0.1, 0.15) is 42.2 Å². The summed E-state index contributed by atoms with van der Waals surface area (Å²) < 4.78 is 5.94. The van der Waals surface area contributed by atoms with Crippen molar-refractivity contribution in [2.24, 2.45) is 11.7 Å². The topological polar surface area (TPSA) is 97.5 Å². The average molecular weight is 442 g/mol. The molecule has 0 aliphatic carbocycles. The number of nitrogens with zero attached hydrogens (tertiary/aromatic N) is 2. The van der Waals surface area contributed by atoms with Crippen molar-refractivity contribution < 1.29 is 14.3 Å². The number of carbonyl (C=O) groups is 2. The van der Waals surface area contributed by atoms with Crippen molar-refractivity contribution in [3.05, 3.63) is 59.8 Å². The number of nitrogens with one attached hydrogen (secondary N) is 1. The van der Waals surface area contributed by atoms with Crippen LogP contribution in [-0.4, -0.2) is 43.3 Å². The highest BCUT2D eigenvalue weighted by Gasteiger charge is 2.48. The van der Waals surface area contributed by atoms with Gasteiger partial charge in [-0.15, -0.1) is 0 Å². The fraction of sp³-hybridized carbons (Fsp3) is 0.320. The van der Waals surface area contributed by atoms with Crippen LogP contribution in [-0.2, 0) is 4.79 Å². The van der Waals surface area contributed by atoms with Crippen molar-refractivity contribution in [3.63, 3.8) is 0 Å². The first-order chi connectivity index (χ1) is 15.8. The molecule has 7 nitrogen and oxygen atoms in total. The van der Waals surface area contributed by atoms with E-state index < -0.39 is 5.91 Å². The molecule has 3 unspecified atom stereocenters. The van der Waals surface area contributed by atoms with E-state index in [0.29, 0.717) is 24.3 Å². The fourth-order valence-electron chi connectivity index (χ4n) is 5.13. The number of ether oxygens (including phenoxy) is 1. The van der Waals surface area contributed by atoms with Gasteiger partial charge in [-0.25, -0.2) is 4.98 Å². The molecule has 3 aromatic rings. The quantitative estimate of drug-likeness (QED) is 0.583. The molecule has 2 amide bonds. The van der Waals surface area contributed by atoms with E-state index in [1.807, 2.05) is 26.0 Å². The maximum atomic E-state index is 12.2. The van der Waals surface area contributed by atoms with E-state index in [2.05, 4.69) is 42.3 Å². The van der Waals surface area contributed by atoms with Gasteiger partial charge in [-0.3, -0.25) is 9.59 Å². The van der Waals surface area contributed by atoms with Gasteiger partial charge in [0.2, 0.25) is 5.91 Å². The zero-order chi connectivity index (χ0) is 23.3. The first-order valence-corrected chi connectivity index (χ1v) is 11.3. The summed E-state index contributed by atoms with van der Waals surface area (Å²) in [5.41, 5.74) is 8.33. The molecular weight excluding hydrogens is 415 g/mol. The van der Waals surface area contributed by atoms with Crippen molar-refractivity contribution >= 4 is 41.7 Å². The molecule has 0 bridgehead atoms. The standard InChI is InChI=1S/C25H27BN4O3/c1-13(2)33-20-11-18-15(9-19(20)24(27)32)7-8-28-25(18)30-12-16-10-21(31)29-22(16)23(30)14-3-5-17(26)6-4-14/h3-9,11,13,16,22-23H,10,12,26H2,1-2H3,(H2,27,32)(H,29,31). The van der Waals surface area contributed by atoms with Crippen LogP contribution in [0.3, 0.4) is 0 Å². The van der Waals surface area contributed by atoms with Crippen LogP contribution in [0.25, 0.3) is 10.8 Å². The van der Waals surface area contributed by atoms with Gasteiger partial charge in [-0.1, -0.05) is 29.7 Å². The van der Waals surface area contributed by atoms with Crippen molar-refractivity contribution in [2.75, 3.05) is 11.4 Å². The summed E-state index contributed by atoms with van der Waals surface area (Å²) in [5, 5.41) is 4.95. The van der Waals surface area contributed by atoms with Gasteiger partial charge in [0.25, 0.3) is 5.91 Å². The molecule has 3 atom stereocenters. The van der Waals surface area contributed by atoms with E-state index in [1.54, 1.807) is 12.3 Å². The number of nitrogens with two attached hydrogens (primary N) is 1. The number of hydrogen-bond donors (Lipinski definition) is 2. The molecule has 2 aliphatic heterocycles. The maximum Gasteiger partial charge on any atom is 0.252 e.